The number of hydrogen-bond acceptors (Lipinski definition) is 3. The second-order valence-corrected chi connectivity index (χ2v) is 6.95. The maximum Gasteiger partial charge on any atom is 0.309 e. The molecule has 1 saturated heterocycles. The lowest BCUT2D eigenvalue weighted by Crippen LogP contribution is -2.49. The van der Waals surface area contributed by atoms with Crippen molar-refractivity contribution in [3.05, 3.63) is 35.9 Å². The SMILES string of the molecule is CC(C)CCNC(=O)C(=O)NC1CCN(Cc2ccccc2)CC1. The first-order valence-electron chi connectivity index (χ1n) is 8.89. The van der Waals surface area contributed by atoms with Crippen LogP contribution in [0, 0.1) is 5.92 Å². The van der Waals surface area contributed by atoms with E-state index in [9.17, 15) is 9.59 Å². The number of nitrogens with zero attached hydrogens (tertiary/aromatic N) is 1. The summed E-state index contributed by atoms with van der Waals surface area (Å²) in [7, 11) is 0. The van der Waals surface area contributed by atoms with E-state index in [1.807, 2.05) is 6.07 Å². The van der Waals surface area contributed by atoms with Gasteiger partial charge in [0.2, 0.25) is 0 Å². The molecule has 5 nitrogen and oxygen atoms in total. The third kappa shape index (κ3) is 6.32. The van der Waals surface area contributed by atoms with E-state index in [1.54, 1.807) is 0 Å². The Balaban J connectivity index is 1.67. The first-order valence-corrected chi connectivity index (χ1v) is 8.89. The fourth-order valence-electron chi connectivity index (χ4n) is 2.88. The summed E-state index contributed by atoms with van der Waals surface area (Å²) in [4.78, 5) is 26.1. The standard InChI is InChI=1S/C19H29N3O2/c1-15(2)8-11-20-18(23)19(24)21-17-9-12-22(13-10-17)14-16-6-4-3-5-7-16/h3-7,15,17H,8-14H2,1-2H3,(H,20,23)(H,21,24). The van der Waals surface area contributed by atoms with Crippen LogP contribution in [0.3, 0.4) is 0 Å². The van der Waals surface area contributed by atoms with Gasteiger partial charge in [0, 0.05) is 32.2 Å². The zero-order valence-corrected chi connectivity index (χ0v) is 14.8. The van der Waals surface area contributed by atoms with E-state index < -0.39 is 11.8 Å². The van der Waals surface area contributed by atoms with Crippen LogP contribution in [0.2, 0.25) is 0 Å². The lowest BCUT2D eigenvalue weighted by molar-refractivity contribution is -0.139. The molecule has 1 heterocycles. The van der Waals surface area contributed by atoms with E-state index in [0.29, 0.717) is 12.5 Å². The molecule has 1 fully saturated rings. The molecular formula is C19H29N3O2. The highest BCUT2D eigenvalue weighted by Crippen LogP contribution is 2.13. The molecule has 1 aliphatic heterocycles. The molecule has 2 rings (SSSR count). The minimum absolute atomic E-state index is 0.0976. The molecular weight excluding hydrogens is 302 g/mol. The molecule has 1 aromatic rings. The summed E-state index contributed by atoms with van der Waals surface area (Å²) < 4.78 is 0. The summed E-state index contributed by atoms with van der Waals surface area (Å²) in [5, 5.41) is 5.55. The van der Waals surface area contributed by atoms with Gasteiger partial charge < -0.3 is 10.6 Å². The molecule has 1 aliphatic rings. The number of carbonyl (C=O) groups excluding carboxylic acids is 2. The fraction of sp³-hybridized carbons (Fsp3) is 0.579. The van der Waals surface area contributed by atoms with Crippen molar-refractivity contribution in [3.63, 3.8) is 0 Å². The van der Waals surface area contributed by atoms with E-state index in [4.69, 9.17) is 0 Å². The summed E-state index contributed by atoms with van der Waals surface area (Å²) in [5.74, 6) is -0.495. The monoisotopic (exact) mass is 331 g/mol. The van der Waals surface area contributed by atoms with E-state index >= 15 is 0 Å². The largest absolute Gasteiger partial charge is 0.348 e. The molecule has 0 unspecified atom stereocenters. The Morgan fingerprint density at radius 2 is 1.79 bits per heavy atom. The van der Waals surface area contributed by atoms with Crippen LogP contribution in [0.1, 0.15) is 38.7 Å². The topological polar surface area (TPSA) is 61.4 Å². The molecule has 0 spiro atoms. The summed E-state index contributed by atoms with van der Waals surface area (Å²) >= 11 is 0. The number of rotatable bonds is 6. The van der Waals surface area contributed by atoms with Gasteiger partial charge in [-0.15, -0.1) is 0 Å². The Bertz CT molecular complexity index is 523. The highest BCUT2D eigenvalue weighted by molar-refractivity contribution is 6.35. The number of benzene rings is 1. The average Bonchev–Trinajstić information content (AvgIpc) is 2.57. The summed E-state index contributed by atoms with van der Waals surface area (Å²) in [6.45, 7) is 7.56. The second-order valence-electron chi connectivity index (χ2n) is 6.95. The van der Waals surface area contributed by atoms with E-state index in [1.165, 1.54) is 5.56 Å². The third-order valence-electron chi connectivity index (χ3n) is 4.39. The summed E-state index contributed by atoms with van der Waals surface area (Å²) in [5.41, 5.74) is 1.31. The smallest absolute Gasteiger partial charge is 0.309 e. The maximum atomic E-state index is 11.9. The summed E-state index contributed by atoms with van der Waals surface area (Å²) in [6, 6.07) is 10.5. The molecule has 0 aromatic heterocycles. The van der Waals surface area contributed by atoms with E-state index in [-0.39, 0.29) is 6.04 Å². The van der Waals surface area contributed by atoms with Crippen LogP contribution in [-0.2, 0) is 16.1 Å². The Hall–Kier alpha value is -1.88. The Kier molecular flexibility index (Phi) is 7.25. The van der Waals surface area contributed by atoms with Crippen molar-refractivity contribution >= 4 is 11.8 Å². The number of nitrogens with one attached hydrogen (secondary N) is 2. The second kappa shape index (κ2) is 9.42. The highest BCUT2D eigenvalue weighted by Gasteiger charge is 2.23. The fourth-order valence-corrected chi connectivity index (χ4v) is 2.88. The molecule has 0 radical (unpaired) electrons. The lowest BCUT2D eigenvalue weighted by Gasteiger charge is -2.32. The van der Waals surface area contributed by atoms with Crippen LogP contribution in [0.5, 0.6) is 0 Å². The molecule has 0 aliphatic carbocycles. The third-order valence-corrected chi connectivity index (χ3v) is 4.39. The van der Waals surface area contributed by atoms with Crippen LogP contribution in [0.25, 0.3) is 0 Å². The molecule has 132 valence electrons. The normalized spacial score (nSPS) is 16.1. The van der Waals surface area contributed by atoms with Gasteiger partial charge in [0.15, 0.2) is 0 Å². The quantitative estimate of drug-likeness (QED) is 0.783. The summed E-state index contributed by atoms with van der Waals surface area (Å²) in [6.07, 6.45) is 2.66. The van der Waals surface area contributed by atoms with Crippen LogP contribution >= 0.6 is 0 Å². The molecule has 2 N–H and O–H groups in total. The molecule has 0 atom stereocenters. The minimum atomic E-state index is -0.512. The van der Waals surface area contributed by atoms with Gasteiger partial charge in [-0.2, -0.15) is 0 Å². The molecule has 0 bridgehead atoms. The van der Waals surface area contributed by atoms with Gasteiger partial charge in [0.1, 0.15) is 0 Å². The number of hydrogen-bond donors (Lipinski definition) is 2. The number of likely N-dealkylation sites (tertiary alicyclic amines) is 1. The van der Waals surface area contributed by atoms with Gasteiger partial charge >= 0.3 is 11.8 Å². The zero-order valence-electron chi connectivity index (χ0n) is 14.8. The van der Waals surface area contributed by atoms with Gasteiger partial charge in [-0.3, -0.25) is 14.5 Å². The molecule has 24 heavy (non-hydrogen) atoms. The van der Waals surface area contributed by atoms with Gasteiger partial charge in [-0.1, -0.05) is 44.2 Å². The van der Waals surface area contributed by atoms with E-state index in [2.05, 4.69) is 53.6 Å². The van der Waals surface area contributed by atoms with Crippen molar-refractivity contribution in [2.75, 3.05) is 19.6 Å². The Morgan fingerprint density at radius 1 is 1.12 bits per heavy atom. The highest BCUT2D eigenvalue weighted by atomic mass is 16.2. The predicted octanol–water partition coefficient (Wildman–Crippen LogP) is 1.93. The predicted molar refractivity (Wildman–Crippen MR) is 95.3 cm³/mol. The van der Waals surface area contributed by atoms with Gasteiger partial charge in [0.05, 0.1) is 0 Å². The maximum absolute atomic E-state index is 11.9. The number of carbonyl (C=O) groups is 2. The van der Waals surface area contributed by atoms with Crippen molar-refractivity contribution in [2.45, 2.75) is 45.7 Å². The molecule has 5 heteroatoms. The van der Waals surface area contributed by atoms with Crippen molar-refractivity contribution in [1.82, 2.24) is 15.5 Å². The molecule has 2 amide bonds. The van der Waals surface area contributed by atoms with Crippen LogP contribution in [0.15, 0.2) is 30.3 Å². The van der Waals surface area contributed by atoms with Crippen LogP contribution < -0.4 is 10.6 Å². The van der Waals surface area contributed by atoms with E-state index in [0.717, 1.165) is 38.9 Å². The first-order chi connectivity index (χ1) is 11.5. The average molecular weight is 331 g/mol. The van der Waals surface area contributed by atoms with Crippen molar-refractivity contribution in [2.24, 2.45) is 5.92 Å². The van der Waals surface area contributed by atoms with Crippen LogP contribution in [-0.4, -0.2) is 42.4 Å². The number of amides is 2. The van der Waals surface area contributed by atoms with Crippen LogP contribution in [0.4, 0.5) is 0 Å². The minimum Gasteiger partial charge on any atom is -0.348 e. The van der Waals surface area contributed by atoms with Gasteiger partial charge in [-0.05, 0) is 30.7 Å². The Labute approximate surface area is 144 Å². The van der Waals surface area contributed by atoms with Crippen molar-refractivity contribution in [3.8, 4) is 0 Å². The van der Waals surface area contributed by atoms with Crippen molar-refractivity contribution in [1.29, 1.82) is 0 Å². The zero-order chi connectivity index (χ0) is 17.4. The number of piperidine rings is 1. The Morgan fingerprint density at radius 3 is 2.42 bits per heavy atom. The lowest BCUT2D eigenvalue weighted by atomic mass is 10.0. The van der Waals surface area contributed by atoms with Crippen molar-refractivity contribution < 1.29 is 9.59 Å². The molecule has 0 saturated carbocycles. The van der Waals surface area contributed by atoms with Gasteiger partial charge in [-0.25, -0.2) is 0 Å². The molecule has 1 aromatic carbocycles. The van der Waals surface area contributed by atoms with Gasteiger partial charge in [0.25, 0.3) is 0 Å². The first kappa shape index (κ1) is 18.5.